The van der Waals surface area contributed by atoms with E-state index in [1.807, 2.05) is 4.90 Å². The first-order valence-corrected chi connectivity index (χ1v) is 12.8. The Morgan fingerprint density at radius 2 is 1.59 bits per heavy atom. The van der Waals surface area contributed by atoms with Gasteiger partial charge in [0.05, 0.1) is 18.1 Å². The Morgan fingerprint density at radius 1 is 0.938 bits per heavy atom. The molecule has 10 heteroatoms. The molecule has 1 aromatic carbocycles. The van der Waals surface area contributed by atoms with Crippen LogP contribution >= 0.6 is 0 Å². The van der Waals surface area contributed by atoms with Crippen molar-refractivity contribution in [1.82, 2.24) is 14.1 Å². The summed E-state index contributed by atoms with van der Waals surface area (Å²) in [5, 5.41) is 0. The minimum atomic E-state index is -3.91. The molecule has 0 aliphatic carbocycles. The van der Waals surface area contributed by atoms with Gasteiger partial charge >= 0.3 is 0 Å². The maximum Gasteiger partial charge on any atom is 0.243 e. The highest BCUT2D eigenvalue weighted by molar-refractivity contribution is 7.89. The fourth-order valence-corrected chi connectivity index (χ4v) is 6.35. The van der Waals surface area contributed by atoms with Gasteiger partial charge in [0, 0.05) is 51.7 Å². The molecule has 0 radical (unpaired) electrons. The van der Waals surface area contributed by atoms with Gasteiger partial charge in [-0.2, -0.15) is 4.31 Å². The summed E-state index contributed by atoms with van der Waals surface area (Å²) in [6.07, 6.45) is 2.86. The van der Waals surface area contributed by atoms with E-state index in [2.05, 4.69) is 4.90 Å². The molecular formula is C22H31F2N3O4S. The third-order valence-electron chi connectivity index (χ3n) is 6.88. The van der Waals surface area contributed by atoms with Crippen LogP contribution in [0.5, 0.6) is 0 Å². The van der Waals surface area contributed by atoms with Gasteiger partial charge in [-0.25, -0.2) is 17.2 Å². The van der Waals surface area contributed by atoms with E-state index < -0.39 is 21.7 Å². The van der Waals surface area contributed by atoms with Crippen molar-refractivity contribution in [2.45, 2.75) is 30.6 Å². The predicted molar refractivity (Wildman–Crippen MR) is 114 cm³/mol. The van der Waals surface area contributed by atoms with Gasteiger partial charge in [-0.05, 0) is 49.8 Å². The van der Waals surface area contributed by atoms with Gasteiger partial charge < -0.3 is 9.64 Å². The minimum absolute atomic E-state index is 0.111. The molecule has 1 amide bonds. The number of benzene rings is 1. The van der Waals surface area contributed by atoms with Crippen LogP contribution in [-0.2, 0) is 19.6 Å². The largest absolute Gasteiger partial charge is 0.379 e. The molecule has 0 bridgehead atoms. The predicted octanol–water partition coefficient (Wildman–Crippen LogP) is 1.94. The smallest absolute Gasteiger partial charge is 0.243 e. The number of likely N-dealkylation sites (tertiary alicyclic amines) is 1. The molecule has 4 rings (SSSR count). The number of rotatable bonds is 5. The van der Waals surface area contributed by atoms with Crippen LogP contribution in [0.25, 0.3) is 0 Å². The molecule has 3 fully saturated rings. The van der Waals surface area contributed by atoms with E-state index in [1.54, 1.807) is 0 Å². The molecule has 3 heterocycles. The zero-order valence-electron chi connectivity index (χ0n) is 18.2. The van der Waals surface area contributed by atoms with Crippen molar-refractivity contribution in [2.75, 3.05) is 59.0 Å². The molecule has 0 aromatic heterocycles. The first-order chi connectivity index (χ1) is 15.3. The minimum Gasteiger partial charge on any atom is -0.379 e. The van der Waals surface area contributed by atoms with Gasteiger partial charge in [0.15, 0.2) is 11.6 Å². The Labute approximate surface area is 188 Å². The molecule has 0 saturated carbocycles. The van der Waals surface area contributed by atoms with Gasteiger partial charge in [0.2, 0.25) is 15.9 Å². The molecule has 1 aromatic rings. The van der Waals surface area contributed by atoms with Crippen molar-refractivity contribution in [1.29, 1.82) is 0 Å². The summed E-state index contributed by atoms with van der Waals surface area (Å²) in [6, 6.07) is 2.61. The van der Waals surface area contributed by atoms with Crippen molar-refractivity contribution in [2.24, 2.45) is 11.8 Å². The molecule has 178 valence electrons. The van der Waals surface area contributed by atoms with Gasteiger partial charge in [-0.15, -0.1) is 0 Å². The van der Waals surface area contributed by atoms with Crippen LogP contribution in [0.4, 0.5) is 8.78 Å². The second-order valence-electron chi connectivity index (χ2n) is 8.94. The fraction of sp³-hybridized carbons (Fsp3) is 0.682. The quantitative estimate of drug-likeness (QED) is 0.657. The Bertz CT molecular complexity index is 908. The summed E-state index contributed by atoms with van der Waals surface area (Å²) >= 11 is 0. The van der Waals surface area contributed by atoms with Crippen molar-refractivity contribution >= 4 is 15.9 Å². The first kappa shape index (κ1) is 23.5. The van der Waals surface area contributed by atoms with Crippen LogP contribution in [0.1, 0.15) is 25.7 Å². The lowest BCUT2D eigenvalue weighted by Gasteiger charge is -2.38. The summed E-state index contributed by atoms with van der Waals surface area (Å²) in [4.78, 5) is 17.1. The first-order valence-electron chi connectivity index (χ1n) is 11.4. The number of carbonyl (C=O) groups excluding carboxylic acids is 1. The van der Waals surface area contributed by atoms with E-state index >= 15 is 0 Å². The van der Waals surface area contributed by atoms with Gasteiger partial charge in [0.25, 0.3) is 0 Å². The number of hydrogen-bond donors (Lipinski definition) is 0. The maximum atomic E-state index is 13.5. The number of nitrogens with zero attached hydrogens (tertiary/aromatic N) is 3. The topological polar surface area (TPSA) is 70.2 Å². The van der Waals surface area contributed by atoms with Gasteiger partial charge in [-0.1, -0.05) is 0 Å². The molecule has 0 N–H and O–H groups in total. The summed E-state index contributed by atoms with van der Waals surface area (Å²) in [5.41, 5.74) is 0. The number of carbonyl (C=O) groups is 1. The molecule has 7 nitrogen and oxygen atoms in total. The Balaban J connectivity index is 1.26. The molecule has 0 unspecified atom stereocenters. The normalized spacial score (nSPS) is 22.9. The van der Waals surface area contributed by atoms with Crippen LogP contribution in [-0.4, -0.2) is 87.5 Å². The lowest BCUT2D eigenvalue weighted by atomic mass is 9.92. The summed E-state index contributed by atoms with van der Waals surface area (Å²) < 4.78 is 58.8. The SMILES string of the molecule is O=C(C1CCN(S(=O)(=O)c2ccc(F)c(F)c2)CC1)N1CCC(CN2CCOCC2)CC1. The van der Waals surface area contributed by atoms with Crippen LogP contribution < -0.4 is 0 Å². The number of hydrogen-bond acceptors (Lipinski definition) is 5. The average Bonchev–Trinajstić information content (AvgIpc) is 2.81. The highest BCUT2D eigenvalue weighted by Gasteiger charge is 2.35. The number of sulfonamides is 1. The summed E-state index contributed by atoms with van der Waals surface area (Å²) in [5.74, 6) is -1.75. The Hall–Kier alpha value is -1.62. The van der Waals surface area contributed by atoms with Crippen LogP contribution in [0.2, 0.25) is 0 Å². The maximum absolute atomic E-state index is 13.5. The van der Waals surface area contributed by atoms with Crippen molar-refractivity contribution in [3.05, 3.63) is 29.8 Å². The standard InChI is InChI=1S/C22H31F2N3O4S/c23-20-2-1-19(15-21(20)24)32(29,30)27-9-5-18(6-10-27)22(28)26-7-3-17(4-8-26)16-25-11-13-31-14-12-25/h1-2,15,17-18H,3-14,16H2. The Morgan fingerprint density at radius 3 is 2.22 bits per heavy atom. The molecule has 3 aliphatic rings. The number of ether oxygens (including phenoxy) is 1. The van der Waals surface area contributed by atoms with E-state index in [-0.39, 0.29) is 29.8 Å². The molecule has 3 aliphatic heterocycles. The third kappa shape index (κ3) is 5.30. The number of halogens is 2. The van der Waals surface area contributed by atoms with Gasteiger partial charge in [0.1, 0.15) is 0 Å². The lowest BCUT2D eigenvalue weighted by Crippen LogP contribution is -2.48. The number of amides is 1. The molecular weight excluding hydrogens is 440 g/mol. The second-order valence-corrected chi connectivity index (χ2v) is 10.9. The molecule has 0 atom stereocenters. The van der Waals surface area contributed by atoms with Crippen molar-refractivity contribution in [3.63, 3.8) is 0 Å². The van der Waals surface area contributed by atoms with Crippen LogP contribution in [0.15, 0.2) is 23.1 Å². The molecule has 0 spiro atoms. The highest BCUT2D eigenvalue weighted by Crippen LogP contribution is 2.28. The van der Waals surface area contributed by atoms with E-state index in [0.29, 0.717) is 24.8 Å². The van der Waals surface area contributed by atoms with Crippen LogP contribution in [0, 0.1) is 23.5 Å². The molecule has 32 heavy (non-hydrogen) atoms. The third-order valence-corrected chi connectivity index (χ3v) is 8.77. The van der Waals surface area contributed by atoms with E-state index in [4.69, 9.17) is 4.74 Å². The zero-order valence-corrected chi connectivity index (χ0v) is 19.0. The van der Waals surface area contributed by atoms with E-state index in [9.17, 15) is 22.0 Å². The van der Waals surface area contributed by atoms with E-state index in [1.165, 1.54) is 4.31 Å². The average molecular weight is 472 g/mol. The van der Waals surface area contributed by atoms with Crippen molar-refractivity contribution < 1.29 is 26.7 Å². The zero-order chi connectivity index (χ0) is 22.7. The number of piperidine rings is 2. The lowest BCUT2D eigenvalue weighted by molar-refractivity contribution is -0.138. The molecule has 3 saturated heterocycles. The van der Waals surface area contributed by atoms with Gasteiger partial charge in [-0.3, -0.25) is 9.69 Å². The monoisotopic (exact) mass is 471 g/mol. The van der Waals surface area contributed by atoms with Crippen molar-refractivity contribution in [3.8, 4) is 0 Å². The summed E-state index contributed by atoms with van der Waals surface area (Å²) in [6.45, 7) is 6.50. The highest BCUT2D eigenvalue weighted by atomic mass is 32.2. The fourth-order valence-electron chi connectivity index (χ4n) is 4.87. The summed E-state index contributed by atoms with van der Waals surface area (Å²) in [7, 11) is -3.91. The Kier molecular flexibility index (Phi) is 7.44. The second kappa shape index (κ2) is 10.1. The van der Waals surface area contributed by atoms with E-state index in [0.717, 1.165) is 70.9 Å². The van der Waals surface area contributed by atoms with Crippen LogP contribution in [0.3, 0.4) is 0 Å². The number of morpholine rings is 1.